The third-order valence-electron chi connectivity index (χ3n) is 3.40. The Morgan fingerprint density at radius 1 is 0.833 bits per heavy atom. The SMILES string of the molecule is Oc1coc2ccc3cc4ccccc4cc3c12. The molecule has 0 radical (unpaired) electrons. The van der Waals surface area contributed by atoms with Crippen LogP contribution in [0.1, 0.15) is 0 Å². The van der Waals surface area contributed by atoms with Crippen LogP contribution >= 0.6 is 0 Å². The molecule has 0 aliphatic rings. The third-order valence-corrected chi connectivity index (χ3v) is 3.40. The molecule has 0 unspecified atom stereocenters. The van der Waals surface area contributed by atoms with Crippen molar-refractivity contribution < 1.29 is 9.52 Å². The second kappa shape index (κ2) is 3.26. The Hall–Kier alpha value is -2.48. The molecular weight excluding hydrogens is 224 g/mol. The van der Waals surface area contributed by atoms with Gasteiger partial charge in [-0.15, -0.1) is 0 Å². The second-order valence-electron chi connectivity index (χ2n) is 4.48. The fourth-order valence-electron chi connectivity index (χ4n) is 2.53. The van der Waals surface area contributed by atoms with Crippen LogP contribution in [0.15, 0.2) is 59.2 Å². The summed E-state index contributed by atoms with van der Waals surface area (Å²) >= 11 is 0. The molecule has 1 N–H and O–H groups in total. The zero-order valence-corrected chi connectivity index (χ0v) is 9.55. The van der Waals surface area contributed by atoms with Crippen molar-refractivity contribution in [3.63, 3.8) is 0 Å². The van der Waals surface area contributed by atoms with E-state index in [1.807, 2.05) is 24.3 Å². The van der Waals surface area contributed by atoms with Gasteiger partial charge in [0.05, 0.1) is 5.39 Å². The normalized spacial score (nSPS) is 11.6. The Kier molecular flexibility index (Phi) is 1.73. The number of furan rings is 1. The Bertz CT molecular complexity index is 887. The first kappa shape index (κ1) is 9.54. The highest BCUT2D eigenvalue weighted by Crippen LogP contribution is 2.35. The van der Waals surface area contributed by atoms with Gasteiger partial charge in [0.25, 0.3) is 0 Å². The molecule has 4 aromatic rings. The first-order valence-corrected chi connectivity index (χ1v) is 5.84. The van der Waals surface area contributed by atoms with Crippen LogP contribution in [0.25, 0.3) is 32.5 Å². The quantitative estimate of drug-likeness (QED) is 0.456. The summed E-state index contributed by atoms with van der Waals surface area (Å²) in [5.74, 6) is 0.200. The molecule has 1 heterocycles. The van der Waals surface area contributed by atoms with Crippen LogP contribution in [0.5, 0.6) is 5.75 Å². The van der Waals surface area contributed by atoms with Crippen molar-refractivity contribution in [3.05, 3.63) is 54.8 Å². The van der Waals surface area contributed by atoms with Gasteiger partial charge in [0.15, 0.2) is 5.75 Å². The number of benzene rings is 3. The first-order valence-electron chi connectivity index (χ1n) is 5.84. The molecule has 4 rings (SSSR count). The van der Waals surface area contributed by atoms with E-state index < -0.39 is 0 Å². The lowest BCUT2D eigenvalue weighted by Gasteiger charge is -2.03. The Labute approximate surface area is 103 Å². The molecule has 0 aliphatic carbocycles. The van der Waals surface area contributed by atoms with E-state index in [2.05, 4.69) is 24.3 Å². The molecule has 0 aliphatic heterocycles. The summed E-state index contributed by atoms with van der Waals surface area (Å²) in [6.07, 6.45) is 1.39. The summed E-state index contributed by atoms with van der Waals surface area (Å²) < 4.78 is 5.32. The van der Waals surface area contributed by atoms with E-state index in [0.717, 1.165) is 27.1 Å². The van der Waals surface area contributed by atoms with Crippen molar-refractivity contribution in [1.29, 1.82) is 0 Å². The van der Waals surface area contributed by atoms with Gasteiger partial charge in [0.2, 0.25) is 0 Å². The topological polar surface area (TPSA) is 33.4 Å². The van der Waals surface area contributed by atoms with Crippen LogP contribution < -0.4 is 0 Å². The highest BCUT2D eigenvalue weighted by Gasteiger charge is 2.09. The van der Waals surface area contributed by atoms with Crippen LogP contribution in [0, 0.1) is 0 Å². The fraction of sp³-hybridized carbons (Fsp3) is 0. The molecule has 0 amide bonds. The maximum absolute atomic E-state index is 9.89. The van der Waals surface area contributed by atoms with Gasteiger partial charge in [-0.2, -0.15) is 0 Å². The van der Waals surface area contributed by atoms with Crippen molar-refractivity contribution >= 4 is 32.5 Å². The van der Waals surface area contributed by atoms with Gasteiger partial charge in [-0.1, -0.05) is 30.3 Å². The van der Waals surface area contributed by atoms with Gasteiger partial charge in [-0.3, -0.25) is 0 Å². The summed E-state index contributed by atoms with van der Waals surface area (Å²) in [6, 6.07) is 16.4. The van der Waals surface area contributed by atoms with Gasteiger partial charge < -0.3 is 9.52 Å². The zero-order valence-electron chi connectivity index (χ0n) is 9.55. The Morgan fingerprint density at radius 2 is 1.61 bits per heavy atom. The van der Waals surface area contributed by atoms with E-state index >= 15 is 0 Å². The van der Waals surface area contributed by atoms with Crippen molar-refractivity contribution in [1.82, 2.24) is 0 Å². The minimum Gasteiger partial charge on any atom is -0.504 e. The maximum atomic E-state index is 9.89. The highest BCUT2D eigenvalue weighted by molar-refractivity contribution is 6.13. The smallest absolute Gasteiger partial charge is 0.162 e. The van der Waals surface area contributed by atoms with Crippen molar-refractivity contribution in [2.24, 2.45) is 0 Å². The highest BCUT2D eigenvalue weighted by atomic mass is 16.4. The molecule has 0 fully saturated rings. The molecular formula is C16H10O2. The Balaban J connectivity index is 2.30. The lowest BCUT2D eigenvalue weighted by atomic mass is 10.0. The Morgan fingerprint density at radius 3 is 2.44 bits per heavy atom. The van der Waals surface area contributed by atoms with Crippen LogP contribution in [-0.4, -0.2) is 5.11 Å². The predicted molar refractivity (Wildman–Crippen MR) is 72.9 cm³/mol. The maximum Gasteiger partial charge on any atom is 0.162 e. The number of hydrogen-bond acceptors (Lipinski definition) is 2. The summed E-state index contributed by atoms with van der Waals surface area (Å²) in [7, 11) is 0. The number of aromatic hydroxyl groups is 1. The molecule has 0 atom stereocenters. The van der Waals surface area contributed by atoms with E-state index in [1.165, 1.54) is 11.6 Å². The van der Waals surface area contributed by atoms with Gasteiger partial charge >= 0.3 is 0 Å². The lowest BCUT2D eigenvalue weighted by Crippen LogP contribution is -1.77. The van der Waals surface area contributed by atoms with Crippen molar-refractivity contribution in [2.45, 2.75) is 0 Å². The minimum absolute atomic E-state index is 0.200. The standard InChI is InChI=1S/C16H10O2/c17-14-9-18-15-6-5-12-7-10-3-1-2-4-11(10)8-13(12)16(14)15/h1-9,17H. The minimum atomic E-state index is 0.200. The molecule has 0 saturated heterocycles. The first-order chi connectivity index (χ1) is 8.83. The monoisotopic (exact) mass is 234 g/mol. The molecule has 2 nitrogen and oxygen atoms in total. The zero-order chi connectivity index (χ0) is 12.1. The van der Waals surface area contributed by atoms with E-state index in [1.54, 1.807) is 0 Å². The number of hydrogen-bond donors (Lipinski definition) is 1. The van der Waals surface area contributed by atoms with Gasteiger partial charge in [-0.05, 0) is 39.7 Å². The summed E-state index contributed by atoms with van der Waals surface area (Å²) in [5, 5.41) is 15.2. The predicted octanol–water partition coefficient (Wildman–Crippen LogP) is 4.44. The summed E-state index contributed by atoms with van der Waals surface area (Å²) in [6.45, 7) is 0. The number of fused-ring (bicyclic) bond motifs is 4. The molecule has 0 bridgehead atoms. The molecule has 0 saturated carbocycles. The van der Waals surface area contributed by atoms with Crippen LogP contribution in [-0.2, 0) is 0 Å². The third kappa shape index (κ3) is 1.17. The van der Waals surface area contributed by atoms with Crippen molar-refractivity contribution in [3.8, 4) is 5.75 Å². The molecule has 3 aromatic carbocycles. The number of rotatable bonds is 0. The van der Waals surface area contributed by atoms with E-state index in [9.17, 15) is 5.11 Å². The van der Waals surface area contributed by atoms with Crippen LogP contribution in [0.3, 0.4) is 0 Å². The summed E-state index contributed by atoms with van der Waals surface area (Å²) in [4.78, 5) is 0. The lowest BCUT2D eigenvalue weighted by molar-refractivity contribution is 0.464. The van der Waals surface area contributed by atoms with Crippen LogP contribution in [0.4, 0.5) is 0 Å². The average Bonchev–Trinajstić information content (AvgIpc) is 2.78. The van der Waals surface area contributed by atoms with Gasteiger partial charge in [-0.25, -0.2) is 0 Å². The summed E-state index contributed by atoms with van der Waals surface area (Å²) in [5.41, 5.74) is 0.718. The fourth-order valence-corrected chi connectivity index (χ4v) is 2.53. The molecule has 86 valence electrons. The largest absolute Gasteiger partial charge is 0.504 e. The second-order valence-corrected chi connectivity index (χ2v) is 4.48. The molecule has 18 heavy (non-hydrogen) atoms. The van der Waals surface area contributed by atoms with Gasteiger partial charge in [0.1, 0.15) is 11.8 Å². The molecule has 2 heteroatoms. The van der Waals surface area contributed by atoms with E-state index in [0.29, 0.717) is 0 Å². The van der Waals surface area contributed by atoms with E-state index in [-0.39, 0.29) is 5.75 Å². The van der Waals surface area contributed by atoms with Crippen molar-refractivity contribution in [2.75, 3.05) is 0 Å². The molecule has 1 aromatic heterocycles. The molecule has 0 spiro atoms. The van der Waals surface area contributed by atoms with Gasteiger partial charge in [0, 0.05) is 0 Å². The van der Waals surface area contributed by atoms with Crippen LogP contribution in [0.2, 0.25) is 0 Å². The average molecular weight is 234 g/mol. The van der Waals surface area contributed by atoms with E-state index in [4.69, 9.17) is 4.42 Å².